The van der Waals surface area contributed by atoms with Crippen molar-refractivity contribution in [1.29, 1.82) is 0 Å². The summed E-state index contributed by atoms with van der Waals surface area (Å²) in [5, 5.41) is 5.89. The van der Waals surface area contributed by atoms with Gasteiger partial charge in [0.25, 0.3) is 0 Å². The van der Waals surface area contributed by atoms with E-state index in [2.05, 4.69) is 70.6 Å². The minimum Gasteiger partial charge on any atom is -0.159 e. The molecule has 6 fully saturated rings. The normalized spacial score (nSPS) is 21.4. The summed E-state index contributed by atoms with van der Waals surface area (Å²) in [5.41, 5.74) is 1.25. The van der Waals surface area contributed by atoms with E-state index in [-0.39, 0.29) is 0 Å². The van der Waals surface area contributed by atoms with Crippen LogP contribution in [0.1, 0.15) is 340 Å². The van der Waals surface area contributed by atoms with E-state index in [4.69, 9.17) is 0 Å². The molecular weight excluding hydrogens is 997 g/mol. The van der Waals surface area contributed by atoms with Crippen molar-refractivity contribution >= 4 is 70.6 Å². The van der Waals surface area contributed by atoms with Crippen LogP contribution in [0.3, 0.4) is 0 Å². The van der Waals surface area contributed by atoms with E-state index < -0.39 is 0 Å². The highest BCUT2D eigenvalue weighted by Gasteiger charge is 2.31. The van der Waals surface area contributed by atoms with Gasteiger partial charge in [-0.1, -0.05) is 173 Å². The van der Waals surface area contributed by atoms with Crippen LogP contribution in [0.5, 0.6) is 0 Å². The van der Waals surface area contributed by atoms with E-state index in [1.165, 1.54) is 362 Å². The fourth-order valence-electron chi connectivity index (χ4n) is 15.3. The molecule has 0 spiro atoms. The van der Waals surface area contributed by atoms with Crippen molar-refractivity contribution in [2.24, 2.45) is 10.8 Å². The highest BCUT2D eigenvalue weighted by molar-refractivity contribution is 8.01. The maximum absolute atomic E-state index is 2.39. The van der Waals surface area contributed by atoms with Gasteiger partial charge in [-0.15, -0.1) is 0 Å². The number of unbranched alkanes of at least 4 members (excludes halogenated alkanes) is 8. The second-order valence-corrected chi connectivity index (χ2v) is 34.5. The topological polar surface area (TPSA) is 0 Å². The van der Waals surface area contributed by atoms with Crippen molar-refractivity contribution in [3.05, 3.63) is 0 Å². The van der Waals surface area contributed by atoms with Crippen LogP contribution >= 0.6 is 70.6 Å². The SMILES string of the molecule is C(CCCCCC(CCCSC1CCCCC1)(CCCSC1CCCCC1)CCCSC1CCCCC1)CCCCCC(CCCSC1CCCCC1)(CCCSC1CCCCC1)CCCSC1CCCCC1. The van der Waals surface area contributed by atoms with Crippen LogP contribution in [0.2, 0.25) is 0 Å². The first-order chi connectivity index (χ1) is 36.2. The zero-order valence-electron chi connectivity index (χ0n) is 48.6. The van der Waals surface area contributed by atoms with Gasteiger partial charge >= 0.3 is 0 Å². The molecule has 6 heteroatoms. The third-order valence-corrected chi connectivity index (χ3v) is 28.8. The summed E-state index contributed by atoms with van der Waals surface area (Å²) >= 11 is 14.3. The molecule has 0 aromatic rings. The summed E-state index contributed by atoms with van der Waals surface area (Å²) in [7, 11) is 0. The lowest BCUT2D eigenvalue weighted by molar-refractivity contribution is 0.187. The molecular formula is C67H124S6. The summed E-state index contributed by atoms with van der Waals surface area (Å²) in [5.74, 6) is 8.66. The molecule has 6 aliphatic carbocycles. The summed E-state index contributed by atoms with van der Waals surface area (Å²) in [6.07, 6.45) is 79.9. The molecule has 0 radical (unpaired) electrons. The van der Waals surface area contributed by atoms with Gasteiger partial charge in [-0.25, -0.2) is 0 Å². The van der Waals surface area contributed by atoms with Crippen LogP contribution < -0.4 is 0 Å². The van der Waals surface area contributed by atoms with E-state index in [1.807, 2.05) is 0 Å². The van der Waals surface area contributed by atoms with Gasteiger partial charge < -0.3 is 0 Å². The van der Waals surface area contributed by atoms with Crippen molar-refractivity contribution in [1.82, 2.24) is 0 Å². The van der Waals surface area contributed by atoms with E-state index >= 15 is 0 Å². The average Bonchev–Trinajstić information content (AvgIpc) is 3.44. The Balaban J connectivity index is 0.936. The summed E-state index contributed by atoms with van der Waals surface area (Å²) in [6.45, 7) is 0. The van der Waals surface area contributed by atoms with Gasteiger partial charge in [-0.05, 0) is 212 Å². The standard InChI is InChI=1S/C67H124S6/c1(2-4-6-26-46-66(48-28-54-68-60-34-14-8-15-35-60,49-29-55-69-61-36-16-9-17-37-61)50-30-56-70-62-38-18-10-19-39-62)3-5-7-27-47-67(51-31-57-71-63-40-20-11-21-41-63,52-32-58-72-64-42-22-12-23-43-64)53-33-59-73-65-44-24-13-25-45-65/h60-65H,1-59H2. The molecule has 428 valence electrons. The second kappa shape index (κ2) is 42.0. The molecule has 0 aromatic carbocycles. The Kier molecular flexibility index (Phi) is 37.0. The van der Waals surface area contributed by atoms with Crippen molar-refractivity contribution < 1.29 is 0 Å². The van der Waals surface area contributed by atoms with Gasteiger partial charge in [0.15, 0.2) is 0 Å². The summed E-state index contributed by atoms with van der Waals surface area (Å²) in [6, 6.07) is 0. The first-order valence-electron chi connectivity index (χ1n) is 33.9. The molecule has 0 bridgehead atoms. The minimum absolute atomic E-state index is 0.624. The highest BCUT2D eigenvalue weighted by atomic mass is 32.2. The highest BCUT2D eigenvalue weighted by Crippen LogP contribution is 2.45. The van der Waals surface area contributed by atoms with Crippen LogP contribution in [0.25, 0.3) is 0 Å². The molecule has 0 heterocycles. The lowest BCUT2D eigenvalue weighted by Crippen LogP contribution is -2.23. The fraction of sp³-hybridized carbons (Fsp3) is 1.00. The Morgan fingerprint density at radius 3 is 0.507 bits per heavy atom. The Labute approximate surface area is 484 Å². The third-order valence-electron chi connectivity index (χ3n) is 20.0. The average molecular weight is 1120 g/mol. The number of thioether (sulfide) groups is 6. The molecule has 0 amide bonds. The Morgan fingerprint density at radius 2 is 0.329 bits per heavy atom. The Bertz CT molecular complexity index is 1020. The molecule has 0 nitrogen and oxygen atoms in total. The van der Waals surface area contributed by atoms with E-state index in [0.717, 1.165) is 31.5 Å². The van der Waals surface area contributed by atoms with Crippen molar-refractivity contribution in [3.63, 3.8) is 0 Å². The maximum Gasteiger partial charge on any atom is 0.00470 e. The molecule has 0 atom stereocenters. The van der Waals surface area contributed by atoms with Gasteiger partial charge in [-0.3, -0.25) is 0 Å². The lowest BCUT2D eigenvalue weighted by Gasteiger charge is -2.36. The van der Waals surface area contributed by atoms with Gasteiger partial charge in [-0.2, -0.15) is 70.6 Å². The third kappa shape index (κ3) is 29.6. The second-order valence-electron chi connectivity index (χ2n) is 26.1. The molecule has 6 rings (SSSR count). The number of hydrogen-bond acceptors (Lipinski definition) is 6. The zero-order valence-corrected chi connectivity index (χ0v) is 53.5. The summed E-state index contributed by atoms with van der Waals surface area (Å²) in [4.78, 5) is 0. The molecule has 0 saturated heterocycles. The molecule has 0 unspecified atom stereocenters. The molecule has 6 aliphatic rings. The van der Waals surface area contributed by atoms with Crippen LogP contribution in [-0.2, 0) is 0 Å². The Morgan fingerprint density at radius 1 is 0.178 bits per heavy atom. The smallest absolute Gasteiger partial charge is 0.00470 e. The quantitative estimate of drug-likeness (QED) is 0.0555. The van der Waals surface area contributed by atoms with Crippen LogP contribution in [0.15, 0.2) is 0 Å². The van der Waals surface area contributed by atoms with Crippen LogP contribution in [0.4, 0.5) is 0 Å². The van der Waals surface area contributed by atoms with Crippen molar-refractivity contribution in [2.45, 2.75) is 372 Å². The zero-order chi connectivity index (χ0) is 50.4. The molecule has 73 heavy (non-hydrogen) atoms. The molecule has 0 N–H and O–H groups in total. The van der Waals surface area contributed by atoms with Crippen LogP contribution in [0, 0.1) is 10.8 Å². The summed E-state index contributed by atoms with van der Waals surface area (Å²) < 4.78 is 0. The number of hydrogen-bond donors (Lipinski definition) is 0. The minimum atomic E-state index is 0.624. The number of rotatable bonds is 42. The molecule has 6 saturated carbocycles. The van der Waals surface area contributed by atoms with Crippen LogP contribution in [-0.4, -0.2) is 66.0 Å². The van der Waals surface area contributed by atoms with E-state index in [9.17, 15) is 0 Å². The predicted octanol–water partition coefficient (Wildman–Crippen LogP) is 24.3. The monoisotopic (exact) mass is 1120 g/mol. The van der Waals surface area contributed by atoms with Gasteiger partial charge in [0.05, 0.1) is 0 Å². The van der Waals surface area contributed by atoms with Crippen molar-refractivity contribution in [3.8, 4) is 0 Å². The van der Waals surface area contributed by atoms with Gasteiger partial charge in [0.1, 0.15) is 0 Å². The first kappa shape index (κ1) is 64.3. The Hall–Kier alpha value is 2.10. The maximum atomic E-state index is 2.39. The van der Waals surface area contributed by atoms with Gasteiger partial charge in [0.2, 0.25) is 0 Å². The predicted molar refractivity (Wildman–Crippen MR) is 347 cm³/mol. The molecule has 0 aliphatic heterocycles. The lowest BCUT2D eigenvalue weighted by atomic mass is 9.72. The van der Waals surface area contributed by atoms with E-state index in [0.29, 0.717) is 10.8 Å². The largest absolute Gasteiger partial charge is 0.159 e. The fourth-order valence-corrected chi connectivity index (χ4v) is 23.2. The van der Waals surface area contributed by atoms with Crippen molar-refractivity contribution in [2.75, 3.05) is 34.5 Å². The molecule has 0 aromatic heterocycles. The first-order valence-corrected chi connectivity index (χ1v) is 40.2. The van der Waals surface area contributed by atoms with Gasteiger partial charge in [0, 0.05) is 31.5 Å². The van der Waals surface area contributed by atoms with E-state index in [1.54, 1.807) is 12.8 Å².